The van der Waals surface area contributed by atoms with Crippen LogP contribution in [0, 0.1) is 24.1 Å². The second-order valence-corrected chi connectivity index (χ2v) is 6.67. The number of nitriles is 1. The van der Waals surface area contributed by atoms with Crippen molar-refractivity contribution in [2.45, 2.75) is 17.6 Å². The summed E-state index contributed by atoms with van der Waals surface area (Å²) in [5.74, 6) is -1.06. The number of benzene rings is 2. The van der Waals surface area contributed by atoms with Crippen LogP contribution in [0.15, 0.2) is 41.3 Å². The van der Waals surface area contributed by atoms with Gasteiger partial charge in [0.2, 0.25) is 0 Å². The van der Waals surface area contributed by atoms with Gasteiger partial charge in [0.1, 0.15) is 5.82 Å². The SMILES string of the molecule is Cc1ccc(S(=O)(=O)Cc2cc(F)ccc2C#N)c(N)c1. The summed E-state index contributed by atoms with van der Waals surface area (Å²) >= 11 is 0. The monoisotopic (exact) mass is 304 g/mol. The number of hydrogen-bond acceptors (Lipinski definition) is 4. The summed E-state index contributed by atoms with van der Waals surface area (Å²) in [5, 5.41) is 8.98. The van der Waals surface area contributed by atoms with Gasteiger partial charge in [-0.2, -0.15) is 5.26 Å². The summed E-state index contributed by atoms with van der Waals surface area (Å²) < 4.78 is 38.1. The quantitative estimate of drug-likeness (QED) is 0.883. The van der Waals surface area contributed by atoms with E-state index in [9.17, 15) is 12.8 Å². The number of hydrogen-bond donors (Lipinski definition) is 1. The molecule has 2 N–H and O–H groups in total. The number of aryl methyl sites for hydroxylation is 1. The highest BCUT2D eigenvalue weighted by molar-refractivity contribution is 7.90. The fraction of sp³-hybridized carbons (Fsp3) is 0.133. The van der Waals surface area contributed by atoms with Gasteiger partial charge >= 0.3 is 0 Å². The van der Waals surface area contributed by atoms with E-state index in [2.05, 4.69) is 0 Å². The van der Waals surface area contributed by atoms with E-state index in [1.54, 1.807) is 19.1 Å². The number of sulfone groups is 1. The summed E-state index contributed by atoms with van der Waals surface area (Å²) in [6.45, 7) is 1.80. The summed E-state index contributed by atoms with van der Waals surface area (Å²) in [7, 11) is -3.75. The molecule has 0 aliphatic heterocycles. The predicted octanol–water partition coefficient (Wildman–Crippen LogP) is 2.56. The second kappa shape index (κ2) is 5.54. The van der Waals surface area contributed by atoms with Crippen LogP contribution >= 0.6 is 0 Å². The molecule has 2 aromatic rings. The van der Waals surface area contributed by atoms with Crippen LogP contribution in [0.3, 0.4) is 0 Å². The molecule has 0 aliphatic carbocycles. The van der Waals surface area contributed by atoms with Crippen molar-refractivity contribution in [3.8, 4) is 6.07 Å². The van der Waals surface area contributed by atoms with E-state index in [0.29, 0.717) is 0 Å². The summed E-state index contributed by atoms with van der Waals surface area (Å²) in [5.41, 5.74) is 6.98. The lowest BCUT2D eigenvalue weighted by Crippen LogP contribution is -2.09. The minimum Gasteiger partial charge on any atom is -0.398 e. The molecule has 2 aromatic carbocycles. The number of rotatable bonds is 3. The lowest BCUT2D eigenvalue weighted by molar-refractivity contribution is 0.595. The Hall–Kier alpha value is -2.39. The number of nitrogens with zero attached hydrogens (tertiary/aromatic N) is 1. The zero-order valence-corrected chi connectivity index (χ0v) is 12.1. The van der Waals surface area contributed by atoms with Gasteiger partial charge in [0.15, 0.2) is 9.84 Å². The van der Waals surface area contributed by atoms with Gasteiger partial charge in [0.25, 0.3) is 0 Å². The van der Waals surface area contributed by atoms with E-state index >= 15 is 0 Å². The molecule has 2 rings (SSSR count). The van der Waals surface area contributed by atoms with E-state index in [1.165, 1.54) is 12.1 Å². The van der Waals surface area contributed by atoms with Crippen LogP contribution in [-0.4, -0.2) is 8.42 Å². The molecular weight excluding hydrogens is 291 g/mol. The Kier molecular flexibility index (Phi) is 3.96. The van der Waals surface area contributed by atoms with E-state index in [-0.39, 0.29) is 21.7 Å². The summed E-state index contributed by atoms with van der Waals surface area (Å²) in [6, 6.07) is 9.92. The number of nitrogens with two attached hydrogens (primary N) is 1. The van der Waals surface area contributed by atoms with Crippen LogP contribution in [0.1, 0.15) is 16.7 Å². The fourth-order valence-corrected chi connectivity index (χ4v) is 3.52. The Bertz CT molecular complexity index is 839. The molecule has 0 aliphatic rings. The Labute approximate surface area is 122 Å². The topological polar surface area (TPSA) is 84.0 Å². The predicted molar refractivity (Wildman–Crippen MR) is 77.6 cm³/mol. The highest BCUT2D eigenvalue weighted by Gasteiger charge is 2.20. The minimum absolute atomic E-state index is 0.0127. The van der Waals surface area contributed by atoms with Gasteiger partial charge in [0.05, 0.1) is 28.0 Å². The summed E-state index contributed by atoms with van der Waals surface area (Å²) in [4.78, 5) is -0.0127. The average molecular weight is 304 g/mol. The molecule has 0 heterocycles. The first-order chi connectivity index (χ1) is 9.83. The lowest BCUT2D eigenvalue weighted by Gasteiger charge is -2.09. The standard InChI is InChI=1S/C15H13FN2O2S/c1-10-2-5-15(14(18)6-10)21(19,20)9-12-7-13(16)4-3-11(12)8-17/h2-7H,9,18H2,1H3. The molecule has 0 unspecified atom stereocenters. The van der Waals surface area contributed by atoms with Gasteiger partial charge in [-0.25, -0.2) is 12.8 Å². The normalized spacial score (nSPS) is 11.1. The molecule has 4 nitrogen and oxygen atoms in total. The summed E-state index contributed by atoms with van der Waals surface area (Å²) in [6.07, 6.45) is 0. The molecule has 0 fully saturated rings. The number of halogens is 1. The van der Waals surface area contributed by atoms with Gasteiger partial charge in [0, 0.05) is 0 Å². The molecule has 21 heavy (non-hydrogen) atoms. The molecule has 0 saturated carbocycles. The zero-order valence-electron chi connectivity index (χ0n) is 11.3. The fourth-order valence-electron chi connectivity index (χ4n) is 2.02. The van der Waals surface area contributed by atoms with Crippen LogP contribution in [0.25, 0.3) is 0 Å². The van der Waals surface area contributed by atoms with E-state index in [4.69, 9.17) is 11.0 Å². The van der Waals surface area contributed by atoms with Crippen LogP contribution in [0.5, 0.6) is 0 Å². The van der Waals surface area contributed by atoms with Crippen molar-refractivity contribution in [2.75, 3.05) is 5.73 Å². The van der Waals surface area contributed by atoms with Gasteiger partial charge in [-0.1, -0.05) is 6.07 Å². The molecule has 6 heteroatoms. The maximum absolute atomic E-state index is 13.3. The third-order valence-corrected chi connectivity index (χ3v) is 4.77. The third-order valence-electron chi connectivity index (χ3n) is 3.03. The van der Waals surface area contributed by atoms with Crippen molar-refractivity contribution in [1.82, 2.24) is 0 Å². The highest BCUT2D eigenvalue weighted by Crippen LogP contribution is 2.25. The van der Waals surface area contributed by atoms with Crippen molar-refractivity contribution in [2.24, 2.45) is 0 Å². The lowest BCUT2D eigenvalue weighted by atomic mass is 10.1. The largest absolute Gasteiger partial charge is 0.398 e. The molecule has 108 valence electrons. The van der Waals surface area contributed by atoms with Crippen molar-refractivity contribution in [3.05, 3.63) is 58.9 Å². The van der Waals surface area contributed by atoms with Crippen LogP contribution in [0.4, 0.5) is 10.1 Å². The average Bonchev–Trinajstić information content (AvgIpc) is 2.37. The molecule has 0 saturated heterocycles. The van der Waals surface area contributed by atoms with Crippen molar-refractivity contribution in [3.63, 3.8) is 0 Å². The van der Waals surface area contributed by atoms with Crippen LogP contribution < -0.4 is 5.73 Å². The van der Waals surface area contributed by atoms with Crippen LogP contribution in [-0.2, 0) is 15.6 Å². The molecule has 0 atom stereocenters. The smallest absolute Gasteiger partial charge is 0.184 e. The van der Waals surface area contributed by atoms with E-state index < -0.39 is 21.4 Å². The molecule has 0 aromatic heterocycles. The van der Waals surface area contributed by atoms with Crippen LogP contribution in [0.2, 0.25) is 0 Å². The van der Waals surface area contributed by atoms with Crippen molar-refractivity contribution >= 4 is 15.5 Å². The first-order valence-electron chi connectivity index (χ1n) is 6.11. The zero-order chi connectivity index (χ0) is 15.6. The Morgan fingerprint density at radius 3 is 2.57 bits per heavy atom. The molecule has 0 spiro atoms. The van der Waals surface area contributed by atoms with Crippen molar-refractivity contribution in [1.29, 1.82) is 5.26 Å². The Morgan fingerprint density at radius 1 is 1.24 bits per heavy atom. The van der Waals surface area contributed by atoms with Gasteiger partial charge in [-0.15, -0.1) is 0 Å². The number of nitrogen functional groups attached to an aromatic ring is 1. The highest BCUT2D eigenvalue weighted by atomic mass is 32.2. The first kappa shape index (κ1) is 15.0. The molecular formula is C15H13FN2O2S. The number of anilines is 1. The maximum atomic E-state index is 13.3. The van der Waals surface area contributed by atoms with Gasteiger partial charge < -0.3 is 5.73 Å². The molecule has 0 amide bonds. The Morgan fingerprint density at radius 2 is 1.95 bits per heavy atom. The van der Waals surface area contributed by atoms with Gasteiger partial charge in [-0.05, 0) is 48.4 Å². The van der Waals surface area contributed by atoms with Crippen molar-refractivity contribution < 1.29 is 12.8 Å². The van der Waals surface area contributed by atoms with Gasteiger partial charge in [-0.3, -0.25) is 0 Å². The maximum Gasteiger partial charge on any atom is 0.184 e. The second-order valence-electron chi connectivity index (χ2n) is 4.71. The minimum atomic E-state index is -3.75. The molecule has 0 radical (unpaired) electrons. The van der Waals surface area contributed by atoms with E-state index in [1.807, 2.05) is 6.07 Å². The third kappa shape index (κ3) is 3.20. The Balaban J connectivity index is 2.47. The van der Waals surface area contributed by atoms with E-state index in [0.717, 1.165) is 17.7 Å². The first-order valence-corrected chi connectivity index (χ1v) is 7.76. The molecule has 0 bridgehead atoms.